The van der Waals surface area contributed by atoms with Crippen molar-refractivity contribution in [2.75, 3.05) is 19.0 Å². The molecule has 0 aliphatic rings. The van der Waals surface area contributed by atoms with Crippen molar-refractivity contribution in [2.45, 2.75) is 6.04 Å². The fourth-order valence-electron chi connectivity index (χ4n) is 2.13. The normalized spacial score (nSPS) is 12.3. The molecular formula is C17H20N2. The second-order valence-electron chi connectivity index (χ2n) is 4.45. The average molecular weight is 252 g/mol. The molecular weight excluding hydrogens is 232 g/mol. The number of hydrogen-bond acceptors (Lipinski definition) is 2. The predicted octanol–water partition coefficient (Wildman–Crippen LogP) is 3.60. The van der Waals surface area contributed by atoms with Crippen LogP contribution in [0.5, 0.6) is 0 Å². The second kappa shape index (κ2) is 6.64. The highest BCUT2D eigenvalue weighted by Gasteiger charge is 2.13. The van der Waals surface area contributed by atoms with Crippen LogP contribution in [-0.4, -0.2) is 14.1 Å². The van der Waals surface area contributed by atoms with E-state index < -0.39 is 0 Å². The van der Waals surface area contributed by atoms with E-state index in [0.717, 1.165) is 0 Å². The second-order valence-corrected chi connectivity index (χ2v) is 4.45. The lowest BCUT2D eigenvalue weighted by molar-refractivity contribution is 0.803. The Hall–Kier alpha value is -2.22. The van der Waals surface area contributed by atoms with E-state index in [9.17, 15) is 0 Å². The summed E-state index contributed by atoms with van der Waals surface area (Å²) in [6, 6.07) is 21.2. The highest BCUT2D eigenvalue weighted by Crippen LogP contribution is 2.26. The van der Waals surface area contributed by atoms with Crippen molar-refractivity contribution in [3.63, 3.8) is 0 Å². The third kappa shape index (κ3) is 3.38. The van der Waals surface area contributed by atoms with Gasteiger partial charge >= 0.3 is 0 Å². The molecule has 2 aromatic carbocycles. The summed E-state index contributed by atoms with van der Waals surface area (Å²) in [4.78, 5) is 2.27. The molecule has 2 aromatic rings. The zero-order valence-electron chi connectivity index (χ0n) is 11.5. The minimum Gasteiger partial charge on any atom is -0.394 e. The summed E-state index contributed by atoms with van der Waals surface area (Å²) in [5.41, 5.74) is 2.48. The molecule has 19 heavy (non-hydrogen) atoms. The number of para-hydroxylation sites is 1. The topological polar surface area (TPSA) is 15.3 Å². The molecule has 0 heterocycles. The largest absolute Gasteiger partial charge is 0.394 e. The molecule has 0 aromatic heterocycles. The average Bonchev–Trinajstić information content (AvgIpc) is 2.49. The summed E-state index contributed by atoms with van der Waals surface area (Å²) in [6.07, 6.45) is 4.15. The van der Waals surface area contributed by atoms with Gasteiger partial charge in [0.2, 0.25) is 0 Å². The molecule has 2 heteroatoms. The van der Waals surface area contributed by atoms with Crippen LogP contribution in [0, 0.1) is 0 Å². The van der Waals surface area contributed by atoms with Gasteiger partial charge < -0.3 is 10.2 Å². The minimum absolute atomic E-state index is 0.219. The first kappa shape index (κ1) is 13.2. The van der Waals surface area contributed by atoms with Gasteiger partial charge in [0.1, 0.15) is 0 Å². The molecule has 2 nitrogen and oxygen atoms in total. The molecule has 98 valence electrons. The third-order valence-electron chi connectivity index (χ3n) is 3.17. The zero-order valence-corrected chi connectivity index (χ0v) is 11.5. The molecule has 0 fully saturated rings. The fourth-order valence-corrected chi connectivity index (χ4v) is 2.13. The van der Waals surface area contributed by atoms with Gasteiger partial charge in [0.05, 0.1) is 6.04 Å². The molecule has 0 aliphatic carbocycles. The van der Waals surface area contributed by atoms with Gasteiger partial charge in [-0.15, -0.1) is 0 Å². The highest BCUT2D eigenvalue weighted by atomic mass is 15.1. The van der Waals surface area contributed by atoms with E-state index in [0.29, 0.717) is 0 Å². The molecule has 2 rings (SSSR count). The van der Waals surface area contributed by atoms with E-state index in [1.807, 2.05) is 25.4 Å². The van der Waals surface area contributed by atoms with Crippen molar-refractivity contribution in [1.29, 1.82) is 0 Å². The number of hydrogen-bond donors (Lipinski definition) is 1. The van der Waals surface area contributed by atoms with Gasteiger partial charge in [-0.25, -0.2) is 0 Å². The Kier molecular flexibility index (Phi) is 4.62. The maximum atomic E-state index is 3.07. The van der Waals surface area contributed by atoms with Crippen LogP contribution in [0.4, 0.5) is 5.69 Å². The van der Waals surface area contributed by atoms with E-state index in [-0.39, 0.29) is 6.04 Å². The van der Waals surface area contributed by atoms with Crippen LogP contribution in [0.25, 0.3) is 0 Å². The molecule has 1 unspecified atom stereocenters. The predicted molar refractivity (Wildman–Crippen MR) is 82.2 cm³/mol. The van der Waals surface area contributed by atoms with Gasteiger partial charge in [-0.2, -0.15) is 0 Å². The Morgan fingerprint density at radius 2 is 1.53 bits per heavy atom. The van der Waals surface area contributed by atoms with Crippen LogP contribution in [-0.2, 0) is 0 Å². The van der Waals surface area contributed by atoms with E-state index >= 15 is 0 Å². The lowest BCUT2D eigenvalue weighted by Gasteiger charge is -2.28. The SMILES string of the molecule is CNC=CC(c1ccccc1)N(C)c1ccccc1. The summed E-state index contributed by atoms with van der Waals surface area (Å²) >= 11 is 0. The Morgan fingerprint density at radius 1 is 0.947 bits per heavy atom. The standard InChI is InChI=1S/C17H20N2/c1-18-14-13-17(15-9-5-3-6-10-15)19(2)16-11-7-4-8-12-16/h3-14,17-18H,1-2H3. The first-order valence-corrected chi connectivity index (χ1v) is 6.49. The van der Waals surface area contributed by atoms with E-state index in [1.165, 1.54) is 11.3 Å². The van der Waals surface area contributed by atoms with Crippen molar-refractivity contribution in [2.24, 2.45) is 0 Å². The summed E-state index contributed by atoms with van der Waals surface area (Å²) in [6.45, 7) is 0. The number of nitrogens with zero attached hydrogens (tertiary/aromatic N) is 1. The van der Waals surface area contributed by atoms with Gasteiger partial charge in [0.25, 0.3) is 0 Å². The van der Waals surface area contributed by atoms with Crippen LogP contribution in [0.15, 0.2) is 72.9 Å². The fraction of sp³-hybridized carbons (Fsp3) is 0.176. The number of nitrogens with one attached hydrogen (secondary N) is 1. The molecule has 0 saturated carbocycles. The van der Waals surface area contributed by atoms with E-state index in [1.54, 1.807) is 0 Å². The summed E-state index contributed by atoms with van der Waals surface area (Å²) in [5.74, 6) is 0. The number of benzene rings is 2. The Bertz CT molecular complexity index is 505. The molecule has 0 bridgehead atoms. The number of anilines is 1. The Labute approximate surface area is 115 Å². The van der Waals surface area contributed by atoms with Crippen LogP contribution in [0.3, 0.4) is 0 Å². The van der Waals surface area contributed by atoms with Crippen molar-refractivity contribution >= 4 is 5.69 Å². The van der Waals surface area contributed by atoms with Gasteiger partial charge in [0, 0.05) is 19.8 Å². The maximum absolute atomic E-state index is 3.07. The van der Waals surface area contributed by atoms with E-state index in [4.69, 9.17) is 0 Å². The van der Waals surface area contributed by atoms with Crippen molar-refractivity contribution in [3.8, 4) is 0 Å². The first-order chi connectivity index (χ1) is 9.33. The van der Waals surface area contributed by atoms with Crippen molar-refractivity contribution in [1.82, 2.24) is 5.32 Å². The third-order valence-corrected chi connectivity index (χ3v) is 3.17. The highest BCUT2D eigenvalue weighted by molar-refractivity contribution is 5.49. The molecule has 0 spiro atoms. The summed E-state index contributed by atoms with van der Waals surface area (Å²) in [5, 5.41) is 3.07. The van der Waals surface area contributed by atoms with Crippen LogP contribution in [0.2, 0.25) is 0 Å². The van der Waals surface area contributed by atoms with Gasteiger partial charge in [0.15, 0.2) is 0 Å². The molecule has 0 saturated heterocycles. The quantitative estimate of drug-likeness (QED) is 0.874. The Morgan fingerprint density at radius 3 is 2.11 bits per heavy atom. The maximum Gasteiger partial charge on any atom is 0.0740 e. The first-order valence-electron chi connectivity index (χ1n) is 6.49. The van der Waals surface area contributed by atoms with Crippen molar-refractivity contribution < 1.29 is 0 Å². The molecule has 1 N–H and O–H groups in total. The van der Waals surface area contributed by atoms with E-state index in [2.05, 4.69) is 71.9 Å². The molecule has 1 atom stereocenters. The molecule has 0 aliphatic heterocycles. The van der Waals surface area contributed by atoms with Crippen molar-refractivity contribution in [3.05, 3.63) is 78.5 Å². The van der Waals surface area contributed by atoms with Gasteiger partial charge in [-0.1, -0.05) is 48.5 Å². The van der Waals surface area contributed by atoms with Gasteiger partial charge in [-0.3, -0.25) is 0 Å². The number of likely N-dealkylation sites (N-methyl/N-ethyl adjacent to an activating group) is 1. The monoisotopic (exact) mass is 252 g/mol. The summed E-state index contributed by atoms with van der Waals surface area (Å²) in [7, 11) is 4.04. The lowest BCUT2D eigenvalue weighted by Crippen LogP contribution is -2.22. The smallest absolute Gasteiger partial charge is 0.0740 e. The minimum atomic E-state index is 0.219. The molecule has 0 amide bonds. The zero-order chi connectivity index (χ0) is 13.5. The van der Waals surface area contributed by atoms with Crippen LogP contribution in [0.1, 0.15) is 11.6 Å². The lowest BCUT2D eigenvalue weighted by atomic mass is 10.0. The van der Waals surface area contributed by atoms with Crippen LogP contribution >= 0.6 is 0 Å². The summed E-state index contributed by atoms with van der Waals surface area (Å²) < 4.78 is 0. The molecule has 0 radical (unpaired) electrons. The number of rotatable bonds is 5. The van der Waals surface area contributed by atoms with Gasteiger partial charge in [-0.05, 0) is 30.0 Å². The van der Waals surface area contributed by atoms with Crippen LogP contribution < -0.4 is 10.2 Å². The Balaban J connectivity index is 2.31.